The molecule has 0 spiro atoms. The van der Waals surface area contributed by atoms with Gasteiger partial charge in [-0.15, -0.1) is 0 Å². The Morgan fingerprint density at radius 3 is 2.66 bits per heavy atom. The van der Waals surface area contributed by atoms with Crippen molar-refractivity contribution in [2.45, 2.75) is 40.3 Å². The van der Waals surface area contributed by atoms with E-state index in [9.17, 15) is 0 Å². The second kappa shape index (κ2) is 10.5. The molecule has 3 N–H and O–H groups in total. The zero-order chi connectivity index (χ0) is 23.1. The first-order valence-corrected chi connectivity index (χ1v) is 10.5. The van der Waals surface area contributed by atoms with Crippen molar-refractivity contribution in [1.82, 2.24) is 19.9 Å². The third-order valence-electron chi connectivity index (χ3n) is 4.46. The predicted octanol–water partition coefficient (Wildman–Crippen LogP) is 4.16. The first-order valence-electron chi connectivity index (χ1n) is 10.5. The summed E-state index contributed by atoms with van der Waals surface area (Å²) >= 11 is 0. The highest BCUT2D eigenvalue weighted by atomic mass is 16.5. The summed E-state index contributed by atoms with van der Waals surface area (Å²) in [7, 11) is 1.57. The number of rotatable bonds is 10. The van der Waals surface area contributed by atoms with Crippen LogP contribution in [0.2, 0.25) is 0 Å². The number of nitrogens with one attached hydrogen (secondary N) is 3. The molecule has 0 aliphatic carbocycles. The molecule has 168 valence electrons. The highest BCUT2D eigenvalue weighted by Crippen LogP contribution is 2.34. The summed E-state index contributed by atoms with van der Waals surface area (Å²) in [4.78, 5) is 17.8. The van der Waals surface area contributed by atoms with Gasteiger partial charge in [0, 0.05) is 24.5 Å². The van der Waals surface area contributed by atoms with E-state index in [1.54, 1.807) is 32.5 Å². The molecule has 0 atom stereocenters. The number of nitrogens with zero attached hydrogens (tertiary/aromatic N) is 4. The van der Waals surface area contributed by atoms with Gasteiger partial charge in [0.2, 0.25) is 11.8 Å². The van der Waals surface area contributed by atoms with Crippen LogP contribution in [-0.2, 0) is 6.54 Å². The van der Waals surface area contributed by atoms with E-state index >= 15 is 0 Å². The predicted molar refractivity (Wildman–Crippen MR) is 126 cm³/mol. The van der Waals surface area contributed by atoms with Crippen LogP contribution < -0.4 is 20.1 Å². The summed E-state index contributed by atoms with van der Waals surface area (Å²) < 4.78 is 10.9. The second-order valence-electron chi connectivity index (χ2n) is 7.36. The Morgan fingerprint density at radius 2 is 1.97 bits per heavy atom. The Hall–Kier alpha value is -3.75. The maximum atomic E-state index is 8.34. The lowest BCUT2D eigenvalue weighted by molar-refractivity contribution is 0.328. The van der Waals surface area contributed by atoms with Crippen LogP contribution in [0.4, 0.5) is 11.4 Å². The van der Waals surface area contributed by atoms with Gasteiger partial charge in [-0.05, 0) is 45.9 Å². The van der Waals surface area contributed by atoms with Crippen LogP contribution in [0.25, 0.3) is 11.3 Å². The van der Waals surface area contributed by atoms with E-state index in [1.807, 2.05) is 39.0 Å². The quantitative estimate of drug-likeness (QED) is 0.406. The fourth-order valence-corrected chi connectivity index (χ4v) is 3.12. The topological polar surface area (TPSA) is 118 Å². The lowest BCUT2D eigenvalue weighted by Gasteiger charge is -2.21. The van der Waals surface area contributed by atoms with Gasteiger partial charge in [0.1, 0.15) is 5.69 Å². The van der Waals surface area contributed by atoms with E-state index in [0.717, 1.165) is 16.9 Å². The molecule has 9 heteroatoms. The van der Waals surface area contributed by atoms with Gasteiger partial charge in [0.05, 0.1) is 48.6 Å². The number of aromatic nitrogens is 4. The van der Waals surface area contributed by atoms with E-state index in [1.165, 1.54) is 0 Å². The van der Waals surface area contributed by atoms with E-state index in [4.69, 9.17) is 19.9 Å². The van der Waals surface area contributed by atoms with E-state index in [2.05, 4.69) is 25.6 Å². The normalized spacial score (nSPS) is 10.7. The van der Waals surface area contributed by atoms with Crippen molar-refractivity contribution in [2.24, 2.45) is 0 Å². The molecule has 9 nitrogen and oxygen atoms in total. The summed E-state index contributed by atoms with van der Waals surface area (Å²) in [6, 6.07) is 7.53. The Balaban J connectivity index is 2.09. The van der Waals surface area contributed by atoms with Crippen molar-refractivity contribution in [1.29, 1.82) is 5.41 Å². The number of hydrogen-bond acceptors (Lipinski definition) is 9. The molecule has 0 bridgehead atoms. The van der Waals surface area contributed by atoms with Gasteiger partial charge in [0.25, 0.3) is 0 Å². The molecule has 3 rings (SSSR count). The van der Waals surface area contributed by atoms with Gasteiger partial charge in [-0.25, -0.2) is 15.0 Å². The summed E-state index contributed by atoms with van der Waals surface area (Å²) in [5.74, 6) is 1.59. The molecular formula is C23H29N7O2. The SMILES string of the molecule is CCOc1ncccc1-c1cc(NCc2nccc(OC)n2)c(NC(C)C)c(C(C)=N)n1. The van der Waals surface area contributed by atoms with Crippen molar-refractivity contribution in [3.8, 4) is 23.0 Å². The Morgan fingerprint density at radius 1 is 1.16 bits per heavy atom. The fourth-order valence-electron chi connectivity index (χ4n) is 3.12. The molecule has 0 saturated carbocycles. The summed E-state index contributed by atoms with van der Waals surface area (Å²) in [6.07, 6.45) is 3.34. The van der Waals surface area contributed by atoms with Crippen LogP contribution in [0, 0.1) is 5.41 Å². The van der Waals surface area contributed by atoms with Crippen LogP contribution in [0.3, 0.4) is 0 Å². The van der Waals surface area contributed by atoms with Crippen molar-refractivity contribution >= 4 is 17.1 Å². The van der Waals surface area contributed by atoms with Gasteiger partial charge in [0.15, 0.2) is 5.82 Å². The molecule has 3 aromatic rings. The maximum absolute atomic E-state index is 8.34. The molecule has 0 amide bonds. The van der Waals surface area contributed by atoms with Crippen LogP contribution >= 0.6 is 0 Å². The second-order valence-corrected chi connectivity index (χ2v) is 7.36. The molecule has 0 radical (unpaired) electrons. The monoisotopic (exact) mass is 435 g/mol. The van der Waals surface area contributed by atoms with Gasteiger partial charge < -0.3 is 25.5 Å². The first-order chi connectivity index (χ1) is 15.4. The van der Waals surface area contributed by atoms with Crippen LogP contribution in [-0.4, -0.2) is 45.4 Å². The molecule has 0 aliphatic rings. The summed E-state index contributed by atoms with van der Waals surface area (Å²) in [5.41, 5.74) is 3.85. The van der Waals surface area contributed by atoms with Crippen molar-refractivity contribution < 1.29 is 9.47 Å². The Bertz CT molecular complexity index is 1090. The van der Waals surface area contributed by atoms with E-state index in [0.29, 0.717) is 47.8 Å². The molecule has 0 fully saturated rings. The molecule has 0 aromatic carbocycles. The highest BCUT2D eigenvalue weighted by Gasteiger charge is 2.19. The molecule has 0 unspecified atom stereocenters. The fraction of sp³-hybridized carbons (Fsp3) is 0.348. The number of ether oxygens (including phenoxy) is 2. The molecule has 0 aliphatic heterocycles. The largest absolute Gasteiger partial charge is 0.481 e. The summed E-state index contributed by atoms with van der Waals surface area (Å²) in [5, 5.41) is 15.2. The van der Waals surface area contributed by atoms with Crippen molar-refractivity contribution in [2.75, 3.05) is 24.4 Å². The average Bonchev–Trinajstić information content (AvgIpc) is 2.78. The van der Waals surface area contributed by atoms with Crippen LogP contribution in [0.5, 0.6) is 11.8 Å². The maximum Gasteiger partial charge on any atom is 0.222 e. The van der Waals surface area contributed by atoms with Gasteiger partial charge in [-0.2, -0.15) is 4.98 Å². The number of hydrogen-bond donors (Lipinski definition) is 3. The minimum atomic E-state index is 0.145. The van der Waals surface area contributed by atoms with E-state index in [-0.39, 0.29) is 6.04 Å². The van der Waals surface area contributed by atoms with Gasteiger partial charge in [-0.3, -0.25) is 0 Å². The van der Waals surface area contributed by atoms with E-state index < -0.39 is 0 Å². The Labute approximate surface area is 188 Å². The van der Waals surface area contributed by atoms with Gasteiger partial charge in [-0.1, -0.05) is 0 Å². The zero-order valence-electron chi connectivity index (χ0n) is 19.1. The van der Waals surface area contributed by atoms with Gasteiger partial charge >= 0.3 is 0 Å². The number of anilines is 2. The highest BCUT2D eigenvalue weighted by molar-refractivity contribution is 6.03. The first kappa shape index (κ1) is 22.9. The number of methoxy groups -OCH3 is 1. The average molecular weight is 436 g/mol. The Kier molecular flexibility index (Phi) is 7.54. The molecule has 3 aromatic heterocycles. The van der Waals surface area contributed by atoms with Crippen molar-refractivity contribution in [3.63, 3.8) is 0 Å². The number of pyridine rings is 2. The third-order valence-corrected chi connectivity index (χ3v) is 4.46. The minimum Gasteiger partial charge on any atom is -0.481 e. The standard InChI is InChI=1S/C23H29N7O2/c1-6-32-23-16(8-7-10-26-23)17-12-18(22(28-14(2)3)21(29-17)15(4)24)27-13-19-25-11-9-20(30-19)31-5/h7-12,14,24,28H,6,13H2,1-5H3,(H,27,29). The molecule has 32 heavy (non-hydrogen) atoms. The summed E-state index contributed by atoms with van der Waals surface area (Å²) in [6.45, 7) is 8.58. The minimum absolute atomic E-state index is 0.145. The molecule has 3 heterocycles. The zero-order valence-corrected chi connectivity index (χ0v) is 19.1. The lowest BCUT2D eigenvalue weighted by atomic mass is 10.1. The third kappa shape index (κ3) is 5.48. The van der Waals surface area contributed by atoms with Crippen LogP contribution in [0.15, 0.2) is 36.7 Å². The van der Waals surface area contributed by atoms with Crippen LogP contribution in [0.1, 0.15) is 39.2 Å². The lowest BCUT2D eigenvalue weighted by Crippen LogP contribution is -2.17. The molecule has 0 saturated heterocycles. The smallest absolute Gasteiger partial charge is 0.222 e. The molecular weight excluding hydrogens is 406 g/mol. The van der Waals surface area contributed by atoms with Crippen molar-refractivity contribution in [3.05, 3.63) is 48.2 Å².